The van der Waals surface area contributed by atoms with E-state index >= 15 is 0 Å². The number of amides is 2. The molecule has 2 atom stereocenters. The van der Waals surface area contributed by atoms with E-state index in [0.717, 1.165) is 25.0 Å². The van der Waals surface area contributed by atoms with Crippen molar-refractivity contribution in [2.24, 2.45) is 0 Å². The van der Waals surface area contributed by atoms with Crippen LogP contribution in [0, 0.1) is 0 Å². The van der Waals surface area contributed by atoms with Crippen LogP contribution in [0.5, 0.6) is 0 Å². The van der Waals surface area contributed by atoms with Crippen molar-refractivity contribution < 1.29 is 24.2 Å². The van der Waals surface area contributed by atoms with Crippen LogP contribution >= 0.6 is 0 Å². The average molecular weight is 348 g/mol. The summed E-state index contributed by atoms with van der Waals surface area (Å²) in [6.07, 6.45) is 1.81. The first-order chi connectivity index (χ1) is 12.0. The fourth-order valence-corrected chi connectivity index (χ4v) is 3.48. The lowest BCUT2D eigenvalue weighted by atomic mass is 9.93. The molecule has 2 heterocycles. The Bertz CT molecular complexity index is 625. The van der Waals surface area contributed by atoms with E-state index < -0.39 is 11.6 Å². The lowest BCUT2D eigenvalue weighted by Crippen LogP contribution is -2.61. The molecule has 25 heavy (non-hydrogen) atoms. The van der Waals surface area contributed by atoms with E-state index in [2.05, 4.69) is 5.32 Å². The second kappa shape index (κ2) is 7.41. The first-order valence-electron chi connectivity index (χ1n) is 8.58. The smallest absolute Gasteiger partial charge is 0.335 e. The van der Waals surface area contributed by atoms with Gasteiger partial charge in [0.1, 0.15) is 5.60 Å². The summed E-state index contributed by atoms with van der Waals surface area (Å²) in [4.78, 5) is 25.2. The van der Waals surface area contributed by atoms with Crippen LogP contribution in [0.3, 0.4) is 0 Å². The van der Waals surface area contributed by atoms with Crippen LogP contribution in [0.15, 0.2) is 24.3 Å². The van der Waals surface area contributed by atoms with Gasteiger partial charge >= 0.3 is 12.0 Å². The van der Waals surface area contributed by atoms with Gasteiger partial charge in [-0.05, 0) is 37.5 Å². The number of benzene rings is 1. The van der Waals surface area contributed by atoms with Crippen molar-refractivity contribution in [2.45, 2.75) is 38.0 Å². The summed E-state index contributed by atoms with van der Waals surface area (Å²) in [6.45, 7) is 4.68. The van der Waals surface area contributed by atoms with Crippen LogP contribution in [-0.4, -0.2) is 60.0 Å². The Kier molecular flexibility index (Phi) is 5.24. The number of hydrogen-bond donors (Lipinski definition) is 2. The summed E-state index contributed by atoms with van der Waals surface area (Å²) in [6, 6.07) is 6.36. The van der Waals surface area contributed by atoms with Gasteiger partial charge in [-0.1, -0.05) is 12.1 Å². The van der Waals surface area contributed by atoms with Crippen molar-refractivity contribution in [3.05, 3.63) is 35.4 Å². The number of ether oxygens (including phenoxy) is 2. The Morgan fingerprint density at radius 1 is 1.36 bits per heavy atom. The number of nitrogens with zero attached hydrogens (tertiary/aromatic N) is 1. The fraction of sp³-hybridized carbons (Fsp3) is 0.556. The Morgan fingerprint density at radius 2 is 2.12 bits per heavy atom. The number of carbonyl (C=O) groups excluding carboxylic acids is 1. The van der Waals surface area contributed by atoms with Crippen LogP contribution in [0.4, 0.5) is 4.79 Å². The molecule has 2 aliphatic heterocycles. The molecule has 0 bridgehead atoms. The van der Waals surface area contributed by atoms with Crippen molar-refractivity contribution in [2.75, 3.05) is 26.3 Å². The van der Waals surface area contributed by atoms with E-state index in [0.29, 0.717) is 26.2 Å². The molecule has 7 heteroatoms. The highest BCUT2D eigenvalue weighted by atomic mass is 16.6. The van der Waals surface area contributed by atoms with Crippen molar-refractivity contribution in [3.63, 3.8) is 0 Å². The number of urea groups is 1. The zero-order chi connectivity index (χ0) is 17.9. The molecule has 7 nitrogen and oxygen atoms in total. The van der Waals surface area contributed by atoms with Crippen LogP contribution in [-0.2, 0) is 16.0 Å². The second-order valence-electron chi connectivity index (χ2n) is 6.81. The molecule has 2 aliphatic rings. The maximum atomic E-state index is 12.5. The number of carboxylic acid groups (broad SMARTS) is 1. The van der Waals surface area contributed by atoms with Gasteiger partial charge in [-0.15, -0.1) is 0 Å². The number of rotatable bonds is 3. The van der Waals surface area contributed by atoms with E-state index in [1.807, 2.05) is 6.92 Å². The van der Waals surface area contributed by atoms with Gasteiger partial charge in [0.25, 0.3) is 0 Å². The number of hydrogen-bond acceptors (Lipinski definition) is 4. The van der Waals surface area contributed by atoms with E-state index in [-0.39, 0.29) is 17.7 Å². The molecule has 1 aromatic rings. The van der Waals surface area contributed by atoms with Crippen molar-refractivity contribution >= 4 is 12.0 Å². The highest BCUT2D eigenvalue weighted by Gasteiger charge is 2.42. The third kappa shape index (κ3) is 4.29. The zero-order valence-electron chi connectivity index (χ0n) is 14.4. The van der Waals surface area contributed by atoms with Gasteiger partial charge in [0.2, 0.25) is 0 Å². The molecule has 3 rings (SSSR count). The minimum Gasteiger partial charge on any atom is -0.478 e. The van der Waals surface area contributed by atoms with E-state index in [4.69, 9.17) is 14.6 Å². The van der Waals surface area contributed by atoms with Gasteiger partial charge in [-0.25, -0.2) is 9.59 Å². The molecule has 2 saturated heterocycles. The number of carbonyl (C=O) groups is 2. The third-order valence-electron chi connectivity index (χ3n) is 4.63. The minimum absolute atomic E-state index is 0.0314. The molecule has 2 N–H and O–H groups in total. The standard InChI is InChI=1S/C18H24N2O5/c1-13-10-20(11-18(25-13)7-2-8-24-12-18)17(23)19-9-14-3-5-15(6-4-14)16(21)22/h3-6,13H,2,7-12H2,1H3,(H,19,23)(H,21,22). The molecular weight excluding hydrogens is 324 g/mol. The van der Waals surface area contributed by atoms with E-state index in [1.165, 1.54) is 12.1 Å². The van der Waals surface area contributed by atoms with Gasteiger partial charge in [-0.3, -0.25) is 0 Å². The molecular formula is C18H24N2O5. The van der Waals surface area contributed by atoms with Crippen LogP contribution < -0.4 is 5.32 Å². The first kappa shape index (κ1) is 17.7. The van der Waals surface area contributed by atoms with Gasteiger partial charge in [0.05, 0.1) is 24.8 Å². The van der Waals surface area contributed by atoms with Gasteiger partial charge in [0.15, 0.2) is 0 Å². The Morgan fingerprint density at radius 3 is 2.76 bits per heavy atom. The second-order valence-corrected chi connectivity index (χ2v) is 6.81. The SMILES string of the molecule is CC1CN(C(=O)NCc2ccc(C(=O)O)cc2)CC2(CCCOC2)O1. The Balaban J connectivity index is 1.57. The molecule has 0 saturated carbocycles. The summed E-state index contributed by atoms with van der Waals surface area (Å²) in [7, 11) is 0. The van der Waals surface area contributed by atoms with Crippen molar-refractivity contribution in [1.82, 2.24) is 10.2 Å². The Labute approximate surface area is 146 Å². The fourth-order valence-electron chi connectivity index (χ4n) is 3.48. The van der Waals surface area contributed by atoms with E-state index in [9.17, 15) is 9.59 Å². The summed E-state index contributed by atoms with van der Waals surface area (Å²) in [5.74, 6) is -0.960. The van der Waals surface area contributed by atoms with Crippen molar-refractivity contribution in [3.8, 4) is 0 Å². The minimum atomic E-state index is -0.960. The maximum Gasteiger partial charge on any atom is 0.335 e. The molecule has 1 spiro atoms. The summed E-state index contributed by atoms with van der Waals surface area (Å²) in [5.41, 5.74) is 0.697. The number of aromatic carboxylic acids is 1. The highest BCUT2D eigenvalue weighted by Crippen LogP contribution is 2.30. The molecule has 2 amide bonds. The maximum absolute atomic E-state index is 12.5. The first-order valence-corrected chi connectivity index (χ1v) is 8.58. The lowest BCUT2D eigenvalue weighted by molar-refractivity contribution is -0.188. The largest absolute Gasteiger partial charge is 0.478 e. The normalized spacial score (nSPS) is 26.4. The average Bonchev–Trinajstić information content (AvgIpc) is 2.60. The quantitative estimate of drug-likeness (QED) is 0.870. The number of nitrogens with one attached hydrogen (secondary N) is 1. The predicted octanol–water partition coefficient (Wildman–Crippen LogP) is 1.86. The van der Waals surface area contributed by atoms with Gasteiger partial charge in [-0.2, -0.15) is 0 Å². The Hall–Kier alpha value is -2.12. The molecule has 136 valence electrons. The number of carboxylic acids is 1. The molecule has 0 radical (unpaired) electrons. The summed E-state index contributed by atoms with van der Waals surface area (Å²) in [5, 5.41) is 11.8. The number of morpholine rings is 1. The molecule has 2 unspecified atom stereocenters. The highest BCUT2D eigenvalue weighted by molar-refractivity contribution is 5.87. The zero-order valence-corrected chi connectivity index (χ0v) is 14.4. The monoisotopic (exact) mass is 348 g/mol. The molecule has 0 aromatic heterocycles. The van der Waals surface area contributed by atoms with Crippen molar-refractivity contribution in [1.29, 1.82) is 0 Å². The van der Waals surface area contributed by atoms with Crippen LogP contribution in [0.25, 0.3) is 0 Å². The summed E-state index contributed by atoms with van der Waals surface area (Å²) < 4.78 is 11.7. The molecule has 0 aliphatic carbocycles. The third-order valence-corrected chi connectivity index (χ3v) is 4.63. The summed E-state index contributed by atoms with van der Waals surface area (Å²) >= 11 is 0. The van der Waals surface area contributed by atoms with Crippen LogP contribution in [0.1, 0.15) is 35.7 Å². The van der Waals surface area contributed by atoms with Gasteiger partial charge < -0.3 is 24.8 Å². The lowest BCUT2D eigenvalue weighted by Gasteiger charge is -2.47. The predicted molar refractivity (Wildman–Crippen MR) is 90.5 cm³/mol. The van der Waals surface area contributed by atoms with E-state index in [1.54, 1.807) is 17.0 Å². The topological polar surface area (TPSA) is 88.1 Å². The molecule has 2 fully saturated rings. The molecule has 1 aromatic carbocycles. The van der Waals surface area contributed by atoms with Crippen LogP contribution in [0.2, 0.25) is 0 Å². The van der Waals surface area contributed by atoms with Gasteiger partial charge in [0, 0.05) is 19.7 Å².